The van der Waals surface area contributed by atoms with E-state index in [1.54, 1.807) is 0 Å². The van der Waals surface area contributed by atoms with E-state index >= 15 is 0 Å². The van der Waals surface area contributed by atoms with Gasteiger partial charge in [-0.2, -0.15) is 11.8 Å². The highest BCUT2D eigenvalue weighted by Gasteiger charge is 2.32. The molecule has 2 heterocycles. The molecule has 1 N–H and O–H groups in total. The molecular weight excluding hydrogens is 278 g/mol. The standard InChI is InChI=1S/C17H23N3S/c1-17(2)6-9-21-12-16(17)19-15-5-3-4-14(10-15)11-20-8-7-18-13-20/h3-5,7-8,10,13,16,19H,6,9,11-12H2,1-2H3. The summed E-state index contributed by atoms with van der Waals surface area (Å²) in [7, 11) is 0. The van der Waals surface area contributed by atoms with Crippen LogP contribution in [0.15, 0.2) is 43.0 Å². The first-order valence-corrected chi connectivity index (χ1v) is 8.68. The average molecular weight is 301 g/mol. The molecule has 0 bridgehead atoms. The number of rotatable bonds is 4. The van der Waals surface area contributed by atoms with Gasteiger partial charge in [-0.3, -0.25) is 0 Å². The number of nitrogens with one attached hydrogen (secondary N) is 1. The second-order valence-electron chi connectivity index (χ2n) is 6.45. The molecule has 1 atom stereocenters. The molecule has 4 heteroatoms. The number of benzene rings is 1. The zero-order valence-electron chi connectivity index (χ0n) is 12.7. The normalized spacial score (nSPS) is 21.1. The molecule has 0 spiro atoms. The van der Waals surface area contributed by atoms with Crippen LogP contribution in [-0.4, -0.2) is 27.1 Å². The Morgan fingerprint density at radius 2 is 2.33 bits per heavy atom. The quantitative estimate of drug-likeness (QED) is 0.929. The number of hydrogen-bond donors (Lipinski definition) is 1. The Hall–Kier alpha value is -1.42. The Balaban J connectivity index is 1.71. The fourth-order valence-electron chi connectivity index (χ4n) is 2.72. The van der Waals surface area contributed by atoms with Crippen molar-refractivity contribution in [3.05, 3.63) is 48.5 Å². The summed E-state index contributed by atoms with van der Waals surface area (Å²) in [5, 5.41) is 3.75. The minimum atomic E-state index is 0.367. The molecule has 1 fully saturated rings. The molecule has 3 nitrogen and oxygen atoms in total. The van der Waals surface area contributed by atoms with Crippen LogP contribution >= 0.6 is 11.8 Å². The lowest BCUT2D eigenvalue weighted by molar-refractivity contribution is 0.305. The lowest BCUT2D eigenvalue weighted by atomic mass is 9.82. The van der Waals surface area contributed by atoms with Crippen LogP contribution in [0, 0.1) is 5.41 Å². The van der Waals surface area contributed by atoms with E-state index in [0.717, 1.165) is 6.54 Å². The molecule has 0 amide bonds. The van der Waals surface area contributed by atoms with Crippen molar-refractivity contribution in [2.45, 2.75) is 32.9 Å². The summed E-state index contributed by atoms with van der Waals surface area (Å²) in [4.78, 5) is 4.10. The minimum absolute atomic E-state index is 0.367. The van der Waals surface area contributed by atoms with E-state index in [1.807, 2.05) is 18.7 Å². The second kappa shape index (κ2) is 6.14. The monoisotopic (exact) mass is 301 g/mol. The SMILES string of the molecule is CC1(C)CCSCC1Nc1cccc(Cn2ccnc2)c1. The third kappa shape index (κ3) is 3.62. The Labute approximate surface area is 131 Å². The van der Waals surface area contributed by atoms with Gasteiger partial charge in [0.25, 0.3) is 0 Å². The van der Waals surface area contributed by atoms with E-state index in [-0.39, 0.29) is 0 Å². The van der Waals surface area contributed by atoms with Crippen LogP contribution in [0.2, 0.25) is 0 Å². The highest BCUT2D eigenvalue weighted by molar-refractivity contribution is 7.99. The smallest absolute Gasteiger partial charge is 0.0949 e. The Morgan fingerprint density at radius 3 is 3.10 bits per heavy atom. The molecule has 1 aliphatic rings. The van der Waals surface area contributed by atoms with Gasteiger partial charge in [-0.25, -0.2) is 4.98 Å². The van der Waals surface area contributed by atoms with Crippen LogP contribution < -0.4 is 5.32 Å². The predicted octanol–water partition coefficient (Wildman–Crippen LogP) is 3.88. The number of nitrogens with zero attached hydrogens (tertiary/aromatic N) is 2. The maximum absolute atomic E-state index is 4.10. The number of anilines is 1. The lowest BCUT2D eigenvalue weighted by Gasteiger charge is -2.39. The van der Waals surface area contributed by atoms with Crippen molar-refractivity contribution >= 4 is 17.4 Å². The molecule has 0 radical (unpaired) electrons. The first kappa shape index (κ1) is 14.5. The Morgan fingerprint density at radius 1 is 1.43 bits per heavy atom. The molecule has 3 rings (SSSR count). The third-order valence-corrected chi connectivity index (χ3v) is 5.37. The molecule has 0 aliphatic carbocycles. The van der Waals surface area contributed by atoms with Crippen LogP contribution in [0.25, 0.3) is 0 Å². The van der Waals surface area contributed by atoms with Gasteiger partial charge in [0.15, 0.2) is 0 Å². The zero-order chi connectivity index (χ0) is 14.7. The number of hydrogen-bond acceptors (Lipinski definition) is 3. The summed E-state index contributed by atoms with van der Waals surface area (Å²) in [5.74, 6) is 2.48. The highest BCUT2D eigenvalue weighted by atomic mass is 32.2. The maximum atomic E-state index is 4.10. The number of thioether (sulfide) groups is 1. The summed E-state index contributed by atoms with van der Waals surface area (Å²) >= 11 is 2.06. The first-order chi connectivity index (χ1) is 10.1. The molecule has 2 aromatic rings. The van der Waals surface area contributed by atoms with E-state index < -0.39 is 0 Å². The summed E-state index contributed by atoms with van der Waals surface area (Å²) < 4.78 is 2.10. The molecule has 1 aliphatic heterocycles. The van der Waals surface area contributed by atoms with Crippen molar-refractivity contribution < 1.29 is 0 Å². The van der Waals surface area contributed by atoms with Gasteiger partial charge in [0.2, 0.25) is 0 Å². The average Bonchev–Trinajstić information content (AvgIpc) is 2.94. The molecule has 1 unspecified atom stereocenters. The van der Waals surface area contributed by atoms with Gasteiger partial charge in [0.1, 0.15) is 0 Å². The van der Waals surface area contributed by atoms with Crippen LogP contribution in [0.5, 0.6) is 0 Å². The van der Waals surface area contributed by atoms with Crippen molar-refractivity contribution in [1.29, 1.82) is 0 Å². The third-order valence-electron chi connectivity index (χ3n) is 4.31. The molecule has 21 heavy (non-hydrogen) atoms. The largest absolute Gasteiger partial charge is 0.381 e. The zero-order valence-corrected chi connectivity index (χ0v) is 13.6. The van der Waals surface area contributed by atoms with Gasteiger partial charge >= 0.3 is 0 Å². The van der Waals surface area contributed by atoms with Crippen LogP contribution in [-0.2, 0) is 6.54 Å². The Bertz CT molecular complexity index is 577. The molecule has 1 aromatic carbocycles. The predicted molar refractivity (Wildman–Crippen MR) is 90.9 cm³/mol. The second-order valence-corrected chi connectivity index (χ2v) is 7.60. The first-order valence-electron chi connectivity index (χ1n) is 7.52. The van der Waals surface area contributed by atoms with Gasteiger partial charge in [0.05, 0.1) is 6.33 Å². The fraction of sp³-hybridized carbons (Fsp3) is 0.471. The number of imidazole rings is 1. The summed E-state index contributed by atoms with van der Waals surface area (Å²) in [5.41, 5.74) is 2.90. The molecule has 1 aromatic heterocycles. The van der Waals surface area contributed by atoms with E-state index in [0.29, 0.717) is 11.5 Å². The van der Waals surface area contributed by atoms with E-state index in [1.165, 1.54) is 29.2 Å². The Kier molecular flexibility index (Phi) is 4.24. The molecule has 0 saturated carbocycles. The van der Waals surface area contributed by atoms with Gasteiger partial charge in [0, 0.05) is 36.4 Å². The van der Waals surface area contributed by atoms with Gasteiger partial charge in [-0.15, -0.1) is 0 Å². The van der Waals surface area contributed by atoms with Crippen molar-refractivity contribution in [2.75, 3.05) is 16.8 Å². The van der Waals surface area contributed by atoms with Crippen LogP contribution in [0.1, 0.15) is 25.8 Å². The minimum Gasteiger partial charge on any atom is -0.381 e. The van der Waals surface area contributed by atoms with Crippen molar-refractivity contribution in [3.8, 4) is 0 Å². The van der Waals surface area contributed by atoms with Gasteiger partial charge < -0.3 is 9.88 Å². The fourth-order valence-corrected chi connectivity index (χ4v) is 4.33. The molecule has 112 valence electrons. The van der Waals surface area contributed by atoms with Gasteiger partial charge in [-0.1, -0.05) is 26.0 Å². The van der Waals surface area contributed by atoms with Crippen LogP contribution in [0.3, 0.4) is 0 Å². The van der Waals surface area contributed by atoms with Crippen molar-refractivity contribution in [3.63, 3.8) is 0 Å². The summed E-state index contributed by atoms with van der Waals surface area (Å²) in [6, 6.07) is 9.28. The highest BCUT2D eigenvalue weighted by Crippen LogP contribution is 2.36. The van der Waals surface area contributed by atoms with Crippen molar-refractivity contribution in [2.24, 2.45) is 5.41 Å². The summed E-state index contributed by atoms with van der Waals surface area (Å²) in [6.45, 7) is 5.62. The number of aromatic nitrogens is 2. The van der Waals surface area contributed by atoms with Crippen LogP contribution in [0.4, 0.5) is 5.69 Å². The van der Waals surface area contributed by atoms with Gasteiger partial charge in [-0.05, 0) is 35.3 Å². The van der Waals surface area contributed by atoms with E-state index in [9.17, 15) is 0 Å². The maximum Gasteiger partial charge on any atom is 0.0949 e. The summed E-state index contributed by atoms with van der Waals surface area (Å²) in [6.07, 6.45) is 6.97. The van der Waals surface area contributed by atoms with Crippen molar-refractivity contribution in [1.82, 2.24) is 9.55 Å². The topological polar surface area (TPSA) is 29.9 Å². The van der Waals surface area contributed by atoms with E-state index in [2.05, 4.69) is 64.7 Å². The van der Waals surface area contributed by atoms with E-state index in [4.69, 9.17) is 0 Å². The molecule has 1 saturated heterocycles. The lowest BCUT2D eigenvalue weighted by Crippen LogP contribution is -2.41. The molecular formula is C17H23N3S.